The first-order chi connectivity index (χ1) is 23.6. The van der Waals surface area contributed by atoms with Crippen molar-refractivity contribution >= 4 is 17.6 Å². The van der Waals surface area contributed by atoms with Gasteiger partial charge in [0.05, 0.1) is 139 Å². The average molecular weight is 694 g/mol. The van der Waals surface area contributed by atoms with E-state index in [1.54, 1.807) is 24.3 Å². The van der Waals surface area contributed by atoms with Crippen LogP contribution >= 0.6 is 0 Å². The third-order valence-electron chi connectivity index (χ3n) is 5.62. The Kier molecular flexibility index (Phi) is 31.2. The lowest BCUT2D eigenvalue weighted by Gasteiger charge is -2.09. The van der Waals surface area contributed by atoms with Crippen LogP contribution in [0.5, 0.6) is 5.75 Å². The third kappa shape index (κ3) is 32.1. The van der Waals surface area contributed by atoms with E-state index in [4.69, 9.17) is 61.9 Å². The Morgan fingerprint density at radius 3 is 1.00 bits per heavy atom. The van der Waals surface area contributed by atoms with Crippen molar-refractivity contribution in [2.24, 2.45) is 0 Å². The maximum absolute atomic E-state index is 11.0. The van der Waals surface area contributed by atoms with E-state index in [0.29, 0.717) is 144 Å². The SMILES string of the molecule is CC(=O)Nc1ccc(OCCOCCOCCOCCOCCOCCOCCOCCOCCOCCOCCOCC(=O)O)cc1. The molecular formula is C32H55NO15. The molecule has 0 aromatic heterocycles. The van der Waals surface area contributed by atoms with Crippen molar-refractivity contribution in [3.05, 3.63) is 24.3 Å². The second-order valence-corrected chi connectivity index (χ2v) is 9.62. The molecule has 0 radical (unpaired) electrons. The Labute approximate surface area is 283 Å². The molecule has 48 heavy (non-hydrogen) atoms. The molecule has 0 spiro atoms. The molecule has 0 saturated carbocycles. The number of anilines is 1. The van der Waals surface area contributed by atoms with E-state index in [9.17, 15) is 9.59 Å². The van der Waals surface area contributed by atoms with Crippen LogP contribution in [0.1, 0.15) is 6.92 Å². The van der Waals surface area contributed by atoms with Crippen molar-refractivity contribution in [1.82, 2.24) is 0 Å². The van der Waals surface area contributed by atoms with Gasteiger partial charge < -0.3 is 67.3 Å². The second-order valence-electron chi connectivity index (χ2n) is 9.62. The number of amides is 1. The molecule has 0 fully saturated rings. The van der Waals surface area contributed by atoms with Crippen LogP contribution in [0.15, 0.2) is 24.3 Å². The third-order valence-corrected chi connectivity index (χ3v) is 5.62. The minimum absolute atomic E-state index is 0.113. The monoisotopic (exact) mass is 693 g/mol. The molecule has 16 nitrogen and oxygen atoms in total. The normalized spacial score (nSPS) is 11.2. The van der Waals surface area contributed by atoms with Crippen molar-refractivity contribution in [3.8, 4) is 5.75 Å². The molecule has 16 heteroatoms. The minimum atomic E-state index is -0.999. The Hall–Kier alpha value is -2.48. The van der Waals surface area contributed by atoms with Crippen LogP contribution in [0.4, 0.5) is 5.69 Å². The Morgan fingerprint density at radius 1 is 0.458 bits per heavy atom. The van der Waals surface area contributed by atoms with Crippen molar-refractivity contribution in [2.75, 3.05) is 157 Å². The van der Waals surface area contributed by atoms with E-state index in [2.05, 4.69) is 5.32 Å². The van der Waals surface area contributed by atoms with Crippen molar-refractivity contribution in [1.29, 1.82) is 0 Å². The molecule has 0 heterocycles. The summed E-state index contributed by atoms with van der Waals surface area (Å²) in [6.07, 6.45) is 0. The zero-order chi connectivity index (χ0) is 34.6. The molecule has 0 unspecified atom stereocenters. The largest absolute Gasteiger partial charge is 0.491 e. The first kappa shape index (κ1) is 43.5. The topological polar surface area (TPSA) is 177 Å². The summed E-state index contributed by atoms with van der Waals surface area (Å²) in [6.45, 7) is 11.0. The summed E-state index contributed by atoms with van der Waals surface area (Å²) >= 11 is 0. The van der Waals surface area contributed by atoms with Gasteiger partial charge in [0.15, 0.2) is 0 Å². The first-order valence-corrected chi connectivity index (χ1v) is 16.2. The molecule has 2 N–H and O–H groups in total. The fraction of sp³-hybridized carbons (Fsp3) is 0.750. The average Bonchev–Trinajstić information content (AvgIpc) is 3.07. The van der Waals surface area contributed by atoms with Gasteiger partial charge in [0.1, 0.15) is 19.0 Å². The number of hydrogen-bond donors (Lipinski definition) is 2. The number of carbonyl (C=O) groups is 2. The van der Waals surface area contributed by atoms with Gasteiger partial charge in [-0.15, -0.1) is 0 Å². The van der Waals surface area contributed by atoms with Gasteiger partial charge in [-0.05, 0) is 24.3 Å². The highest BCUT2D eigenvalue weighted by Gasteiger charge is 1.99. The first-order valence-electron chi connectivity index (χ1n) is 16.2. The van der Waals surface area contributed by atoms with Crippen LogP contribution in [0.25, 0.3) is 0 Å². The summed E-state index contributed by atoms with van der Waals surface area (Å²) in [7, 11) is 0. The highest BCUT2D eigenvalue weighted by molar-refractivity contribution is 5.88. The lowest BCUT2D eigenvalue weighted by Crippen LogP contribution is -2.15. The number of hydrogen-bond acceptors (Lipinski definition) is 14. The minimum Gasteiger partial charge on any atom is -0.491 e. The number of rotatable bonds is 37. The molecule has 278 valence electrons. The van der Waals surface area contributed by atoms with Crippen LogP contribution in [0, 0.1) is 0 Å². The molecule has 0 aliphatic carbocycles. The van der Waals surface area contributed by atoms with Gasteiger partial charge in [0.2, 0.25) is 5.91 Å². The maximum Gasteiger partial charge on any atom is 0.329 e. The van der Waals surface area contributed by atoms with Crippen LogP contribution in [-0.4, -0.2) is 169 Å². The molecule has 1 aromatic rings. The fourth-order valence-electron chi connectivity index (χ4n) is 3.41. The summed E-state index contributed by atoms with van der Waals surface area (Å²) in [6, 6.07) is 7.15. The van der Waals surface area contributed by atoms with Gasteiger partial charge in [-0.3, -0.25) is 4.79 Å². The van der Waals surface area contributed by atoms with Gasteiger partial charge in [0.25, 0.3) is 0 Å². The summed E-state index contributed by atoms with van der Waals surface area (Å²) in [5.74, 6) is -0.401. The Balaban J connectivity index is 1.66. The summed E-state index contributed by atoms with van der Waals surface area (Å²) in [5, 5.41) is 11.1. The highest BCUT2D eigenvalue weighted by Crippen LogP contribution is 2.15. The summed E-state index contributed by atoms with van der Waals surface area (Å²) in [5.41, 5.74) is 0.726. The zero-order valence-corrected chi connectivity index (χ0v) is 28.2. The van der Waals surface area contributed by atoms with E-state index < -0.39 is 5.97 Å². The van der Waals surface area contributed by atoms with Gasteiger partial charge in [-0.25, -0.2) is 4.79 Å². The molecule has 0 aliphatic rings. The quantitative estimate of drug-likeness (QED) is 0.0953. The number of ether oxygens (including phenoxy) is 12. The number of nitrogens with one attached hydrogen (secondary N) is 1. The number of aliphatic carboxylic acids is 1. The van der Waals surface area contributed by atoms with Crippen molar-refractivity contribution < 1.29 is 71.5 Å². The molecular weight excluding hydrogens is 638 g/mol. The number of benzene rings is 1. The predicted molar refractivity (Wildman–Crippen MR) is 173 cm³/mol. The van der Waals surface area contributed by atoms with E-state index >= 15 is 0 Å². The predicted octanol–water partition coefficient (Wildman–Crippen LogP) is 1.29. The van der Waals surface area contributed by atoms with Crippen LogP contribution in [-0.2, 0) is 61.7 Å². The van der Waals surface area contributed by atoms with Crippen LogP contribution in [0.2, 0.25) is 0 Å². The van der Waals surface area contributed by atoms with E-state index in [1.165, 1.54) is 6.92 Å². The van der Waals surface area contributed by atoms with Gasteiger partial charge >= 0.3 is 5.97 Å². The number of carboxylic acid groups (broad SMARTS) is 1. The van der Waals surface area contributed by atoms with Crippen LogP contribution in [0.3, 0.4) is 0 Å². The number of carboxylic acids is 1. The molecule has 0 saturated heterocycles. The number of carbonyl (C=O) groups excluding carboxylic acids is 1. The van der Waals surface area contributed by atoms with E-state index in [-0.39, 0.29) is 19.1 Å². The Morgan fingerprint density at radius 2 is 0.729 bits per heavy atom. The van der Waals surface area contributed by atoms with E-state index in [0.717, 1.165) is 5.69 Å². The summed E-state index contributed by atoms with van der Waals surface area (Å²) < 4.78 is 64.7. The Bertz CT molecular complexity index is 862. The highest BCUT2D eigenvalue weighted by atomic mass is 16.6. The second kappa shape index (κ2) is 34.4. The molecule has 0 aliphatic heterocycles. The molecule has 0 bridgehead atoms. The molecule has 1 rings (SSSR count). The summed E-state index contributed by atoms with van der Waals surface area (Å²) in [4.78, 5) is 21.3. The standard InChI is InChI=1S/C32H55NO15/c1-29(34)33-30-2-4-31(5-3-30)48-27-26-46-23-22-44-19-18-42-15-14-40-11-10-38-7-6-37-8-9-39-12-13-41-16-17-43-20-21-45-24-25-47-28-32(35)36/h2-5H,6-28H2,1H3,(H,33,34)(H,35,36). The lowest BCUT2D eigenvalue weighted by molar-refractivity contribution is -0.142. The van der Waals surface area contributed by atoms with E-state index in [1.807, 2.05) is 0 Å². The van der Waals surface area contributed by atoms with Crippen molar-refractivity contribution in [3.63, 3.8) is 0 Å². The van der Waals surface area contributed by atoms with Crippen LogP contribution < -0.4 is 10.1 Å². The molecule has 1 amide bonds. The van der Waals surface area contributed by atoms with Gasteiger partial charge in [-0.2, -0.15) is 0 Å². The molecule has 0 atom stereocenters. The maximum atomic E-state index is 11.0. The fourth-order valence-corrected chi connectivity index (χ4v) is 3.41. The van der Waals surface area contributed by atoms with Gasteiger partial charge in [-0.1, -0.05) is 0 Å². The lowest BCUT2D eigenvalue weighted by atomic mass is 10.3. The smallest absolute Gasteiger partial charge is 0.329 e. The van der Waals surface area contributed by atoms with Gasteiger partial charge in [0, 0.05) is 12.6 Å². The molecule has 1 aromatic carbocycles. The zero-order valence-electron chi connectivity index (χ0n) is 28.2. The van der Waals surface area contributed by atoms with Crippen molar-refractivity contribution in [2.45, 2.75) is 6.92 Å².